The highest BCUT2D eigenvalue weighted by Gasteiger charge is 2.22. The molecule has 0 aliphatic carbocycles. The van der Waals surface area contributed by atoms with Gasteiger partial charge in [-0.25, -0.2) is 9.29 Å². The van der Waals surface area contributed by atoms with Crippen molar-refractivity contribution in [1.82, 2.24) is 19.2 Å². The van der Waals surface area contributed by atoms with Crippen molar-refractivity contribution < 1.29 is 4.79 Å². The molecule has 0 bridgehead atoms. The van der Waals surface area contributed by atoms with E-state index in [1.165, 1.54) is 24.2 Å². The summed E-state index contributed by atoms with van der Waals surface area (Å²) in [6.45, 7) is 8.13. The largest absolute Gasteiger partial charge is 0.347 e. The van der Waals surface area contributed by atoms with Gasteiger partial charge in [0.2, 0.25) is 0 Å². The Morgan fingerprint density at radius 3 is 2.87 bits per heavy atom. The fraction of sp³-hybridized carbons (Fsp3) is 0.545. The third-order valence-electron chi connectivity index (χ3n) is 5.99. The molecule has 0 radical (unpaired) electrons. The third-order valence-corrected chi connectivity index (χ3v) is 8.36. The predicted octanol–water partition coefficient (Wildman–Crippen LogP) is 4.26. The van der Waals surface area contributed by atoms with E-state index < -0.39 is 0 Å². The predicted molar refractivity (Wildman–Crippen MR) is 126 cm³/mol. The molecule has 1 N–H and O–H groups in total. The van der Waals surface area contributed by atoms with E-state index in [-0.39, 0.29) is 5.91 Å². The van der Waals surface area contributed by atoms with Gasteiger partial charge in [0.05, 0.1) is 0 Å². The van der Waals surface area contributed by atoms with Gasteiger partial charge in [0.15, 0.2) is 0 Å². The molecule has 2 aliphatic rings. The first-order valence-corrected chi connectivity index (χ1v) is 12.5. The molecule has 2 fully saturated rings. The summed E-state index contributed by atoms with van der Waals surface area (Å²) in [4.78, 5) is 18.7. The molecule has 0 spiro atoms. The second kappa shape index (κ2) is 9.66. The van der Waals surface area contributed by atoms with Gasteiger partial charge in [-0.3, -0.25) is 4.79 Å². The maximum Gasteiger partial charge on any atom is 0.268 e. The molecule has 30 heavy (non-hydrogen) atoms. The second-order valence-corrected chi connectivity index (χ2v) is 10.4. The number of nitrogens with one attached hydrogen (secondary N) is 1. The topological polar surface area (TPSA) is 53.4 Å². The van der Waals surface area contributed by atoms with Crippen molar-refractivity contribution in [1.29, 1.82) is 0 Å². The second-order valence-electron chi connectivity index (χ2n) is 8.20. The maximum atomic E-state index is 13.0. The highest BCUT2D eigenvalue weighted by atomic mass is 32.2. The van der Waals surface area contributed by atoms with Gasteiger partial charge < -0.3 is 14.2 Å². The first-order chi connectivity index (χ1) is 14.5. The molecule has 2 saturated heterocycles. The number of aromatic nitrogens is 2. The Kier molecular flexibility index (Phi) is 6.95. The summed E-state index contributed by atoms with van der Waals surface area (Å²) in [5.74, 6) is 2.88. The average molecular weight is 446 g/mol. The molecular formula is C22H31N5OS2. The number of pyridine rings is 1. The zero-order valence-electron chi connectivity index (χ0n) is 18.1. The van der Waals surface area contributed by atoms with Gasteiger partial charge in [-0.15, -0.1) is 0 Å². The Morgan fingerprint density at radius 2 is 2.13 bits per heavy atom. The molecule has 8 heteroatoms. The third kappa shape index (κ3) is 4.81. The summed E-state index contributed by atoms with van der Waals surface area (Å²) in [5.41, 5.74) is 2.91. The summed E-state index contributed by atoms with van der Waals surface area (Å²) in [7, 11) is 1.98. The maximum absolute atomic E-state index is 13.0. The molecule has 2 aliphatic heterocycles. The van der Waals surface area contributed by atoms with Crippen molar-refractivity contribution in [3.8, 4) is 0 Å². The Morgan fingerprint density at radius 1 is 1.33 bits per heavy atom. The van der Waals surface area contributed by atoms with Crippen LogP contribution in [0.1, 0.15) is 47.9 Å². The van der Waals surface area contributed by atoms with Crippen molar-refractivity contribution in [2.45, 2.75) is 44.6 Å². The van der Waals surface area contributed by atoms with Crippen LogP contribution in [0.15, 0.2) is 29.3 Å². The smallest absolute Gasteiger partial charge is 0.268 e. The molecule has 0 saturated carbocycles. The summed E-state index contributed by atoms with van der Waals surface area (Å²) >= 11 is 3.60. The summed E-state index contributed by atoms with van der Waals surface area (Å²) < 4.78 is 6.67. The average Bonchev–Trinajstić information content (AvgIpc) is 3.38. The zero-order valence-corrected chi connectivity index (χ0v) is 19.7. The van der Waals surface area contributed by atoms with Crippen molar-refractivity contribution in [3.05, 3.63) is 41.3 Å². The summed E-state index contributed by atoms with van der Waals surface area (Å²) in [5, 5.41) is 3.11. The minimum atomic E-state index is -0.0383. The van der Waals surface area contributed by atoms with Crippen LogP contribution < -0.4 is 9.62 Å². The van der Waals surface area contributed by atoms with Crippen LogP contribution in [0.25, 0.3) is 0 Å². The Hall–Kier alpha value is -1.64. The van der Waals surface area contributed by atoms with Crippen LogP contribution in [-0.4, -0.2) is 45.2 Å². The number of hydrogen-bond acceptors (Lipinski definition) is 6. The number of amides is 1. The van der Waals surface area contributed by atoms with Crippen molar-refractivity contribution in [2.24, 2.45) is 13.0 Å². The Bertz CT molecular complexity index is 886. The van der Waals surface area contributed by atoms with E-state index in [1.54, 1.807) is 11.9 Å². The zero-order chi connectivity index (χ0) is 21.1. The van der Waals surface area contributed by atoms with Crippen LogP contribution >= 0.6 is 23.9 Å². The lowest BCUT2D eigenvalue weighted by molar-refractivity contribution is 0.0942. The first-order valence-electron chi connectivity index (χ1n) is 10.7. The highest BCUT2D eigenvalue weighted by Crippen LogP contribution is 2.32. The molecule has 4 heterocycles. The molecule has 1 amide bonds. The van der Waals surface area contributed by atoms with Crippen LogP contribution in [0.3, 0.4) is 0 Å². The number of hydrogen-bond donors (Lipinski definition) is 1. The standard InChI is InChI=1S/C22H31N5OS2/c1-16-7-11-26(12-8-16)30-20-14-19(25(3)17(20)2)22(28)24-15-18-6-4-9-23-21(18)27-10-5-13-29-27/h4,6,9,14,16H,5,7-8,10-13,15H2,1-3H3,(H,24,28). The van der Waals surface area contributed by atoms with Gasteiger partial charge >= 0.3 is 0 Å². The molecule has 0 unspecified atom stereocenters. The molecule has 0 aromatic carbocycles. The van der Waals surface area contributed by atoms with Gasteiger partial charge in [0.25, 0.3) is 5.91 Å². The molecule has 0 atom stereocenters. The quantitative estimate of drug-likeness (QED) is 0.671. The molecule has 6 nitrogen and oxygen atoms in total. The molecular weight excluding hydrogens is 414 g/mol. The van der Waals surface area contributed by atoms with E-state index in [2.05, 4.69) is 38.8 Å². The minimum Gasteiger partial charge on any atom is -0.347 e. The summed E-state index contributed by atoms with van der Waals surface area (Å²) in [6.07, 6.45) is 5.49. The monoisotopic (exact) mass is 445 g/mol. The number of anilines is 1. The number of nitrogens with zero attached hydrogens (tertiary/aromatic N) is 4. The van der Waals surface area contributed by atoms with Gasteiger partial charge in [-0.1, -0.05) is 13.0 Å². The van der Waals surface area contributed by atoms with Crippen LogP contribution in [0.4, 0.5) is 5.82 Å². The molecule has 162 valence electrons. The number of carbonyl (C=O) groups is 1. The van der Waals surface area contributed by atoms with Gasteiger partial charge in [0.1, 0.15) is 11.5 Å². The van der Waals surface area contributed by atoms with Gasteiger partial charge in [0, 0.05) is 61.3 Å². The first kappa shape index (κ1) is 21.6. The lowest BCUT2D eigenvalue weighted by atomic mass is 10.0. The number of rotatable bonds is 6. The van der Waals surface area contributed by atoms with Crippen LogP contribution in [-0.2, 0) is 13.6 Å². The molecule has 4 rings (SSSR count). The van der Waals surface area contributed by atoms with Crippen LogP contribution in [0, 0.1) is 12.8 Å². The Balaban J connectivity index is 1.42. The van der Waals surface area contributed by atoms with Crippen molar-refractivity contribution in [2.75, 3.05) is 29.7 Å². The molecule has 2 aromatic heterocycles. The lowest BCUT2D eigenvalue weighted by Crippen LogP contribution is -2.27. The van der Waals surface area contributed by atoms with Crippen LogP contribution in [0.2, 0.25) is 0 Å². The fourth-order valence-electron chi connectivity index (χ4n) is 3.87. The molecule has 2 aromatic rings. The van der Waals surface area contributed by atoms with Crippen LogP contribution in [0.5, 0.6) is 0 Å². The normalized spacial score (nSPS) is 18.2. The van der Waals surface area contributed by atoms with E-state index in [0.29, 0.717) is 12.2 Å². The fourth-order valence-corrected chi connectivity index (χ4v) is 6.00. The van der Waals surface area contributed by atoms with Gasteiger partial charge in [-0.05, 0) is 68.1 Å². The van der Waals surface area contributed by atoms with E-state index in [9.17, 15) is 4.79 Å². The van der Waals surface area contributed by atoms with Crippen molar-refractivity contribution >= 4 is 35.6 Å². The van der Waals surface area contributed by atoms with Crippen molar-refractivity contribution in [3.63, 3.8) is 0 Å². The number of carbonyl (C=O) groups excluding carboxylic acids is 1. The number of piperidine rings is 1. The summed E-state index contributed by atoms with van der Waals surface area (Å²) in [6, 6.07) is 6.02. The van der Waals surface area contributed by atoms with E-state index in [1.807, 2.05) is 41.9 Å². The minimum absolute atomic E-state index is 0.0383. The van der Waals surface area contributed by atoms with Gasteiger partial charge in [-0.2, -0.15) is 0 Å². The highest BCUT2D eigenvalue weighted by molar-refractivity contribution is 8.00. The van der Waals surface area contributed by atoms with E-state index in [4.69, 9.17) is 0 Å². The lowest BCUT2D eigenvalue weighted by Gasteiger charge is -2.28. The Labute approximate surface area is 188 Å². The SMILES string of the molecule is Cc1c(SN2CCC(C)CC2)cc(C(=O)NCc2cccnc2N2CCCS2)n1C. The van der Waals surface area contributed by atoms with E-state index >= 15 is 0 Å². The van der Waals surface area contributed by atoms with E-state index in [0.717, 1.165) is 48.4 Å².